The van der Waals surface area contributed by atoms with Crippen LogP contribution in [0.5, 0.6) is 0 Å². The Morgan fingerprint density at radius 3 is 2.62 bits per heavy atom. The maximum atomic E-state index is 12.3. The summed E-state index contributed by atoms with van der Waals surface area (Å²) >= 11 is 0. The number of nitrogens with zero attached hydrogens (tertiary/aromatic N) is 1. The van der Waals surface area contributed by atoms with Crippen molar-refractivity contribution in [2.45, 2.75) is 37.2 Å². The number of rotatable bonds is 6. The Labute approximate surface area is 123 Å². The lowest BCUT2D eigenvalue weighted by Crippen LogP contribution is -2.42. The second-order valence-corrected chi connectivity index (χ2v) is 7.40. The maximum absolute atomic E-state index is 12.3. The van der Waals surface area contributed by atoms with E-state index >= 15 is 0 Å². The molecule has 7 nitrogen and oxygen atoms in total. The average Bonchev–Trinajstić information content (AvgIpc) is 3.21. The molecule has 2 N–H and O–H groups in total. The van der Waals surface area contributed by atoms with Crippen molar-refractivity contribution in [3.63, 3.8) is 0 Å². The van der Waals surface area contributed by atoms with Gasteiger partial charge in [0.15, 0.2) is 0 Å². The van der Waals surface area contributed by atoms with Crippen molar-refractivity contribution < 1.29 is 18.4 Å². The van der Waals surface area contributed by atoms with Crippen LogP contribution in [0, 0.1) is 23.0 Å². The molecule has 1 aromatic rings. The molecule has 1 fully saturated rings. The number of non-ortho nitro benzene ring substituents is 1. The summed E-state index contributed by atoms with van der Waals surface area (Å²) in [4.78, 5) is 9.98. The zero-order valence-electron chi connectivity index (χ0n) is 11.9. The monoisotopic (exact) mass is 314 g/mol. The van der Waals surface area contributed by atoms with Crippen LogP contribution in [0.25, 0.3) is 0 Å². The molecule has 0 spiro atoms. The van der Waals surface area contributed by atoms with E-state index in [1.54, 1.807) is 13.8 Å². The Bertz CT molecular complexity index is 665. The smallest absolute Gasteiger partial charge is 0.270 e. The summed E-state index contributed by atoms with van der Waals surface area (Å²) in [5, 5.41) is 20.9. The van der Waals surface area contributed by atoms with Gasteiger partial charge in [-0.05, 0) is 38.2 Å². The normalized spacial score (nSPS) is 18.2. The van der Waals surface area contributed by atoms with Gasteiger partial charge in [-0.25, -0.2) is 13.1 Å². The molecule has 1 saturated carbocycles. The van der Waals surface area contributed by atoms with Crippen molar-refractivity contribution in [2.24, 2.45) is 5.92 Å². The van der Waals surface area contributed by atoms with Crippen LogP contribution in [-0.4, -0.2) is 30.6 Å². The van der Waals surface area contributed by atoms with Gasteiger partial charge in [0.25, 0.3) is 5.69 Å². The van der Waals surface area contributed by atoms with E-state index < -0.39 is 20.5 Å². The van der Waals surface area contributed by atoms with Gasteiger partial charge in [0.2, 0.25) is 10.0 Å². The molecule has 1 aliphatic rings. The average molecular weight is 314 g/mol. The molecule has 1 aromatic carbocycles. The number of hydrogen-bond acceptors (Lipinski definition) is 5. The van der Waals surface area contributed by atoms with Crippen LogP contribution < -0.4 is 4.72 Å². The van der Waals surface area contributed by atoms with Crippen molar-refractivity contribution in [1.29, 1.82) is 0 Å². The Morgan fingerprint density at radius 2 is 2.10 bits per heavy atom. The Kier molecular flexibility index (Phi) is 4.05. The van der Waals surface area contributed by atoms with E-state index in [1.807, 2.05) is 0 Å². The molecule has 0 aromatic heterocycles. The number of aliphatic hydroxyl groups is 1. The molecular formula is C13H18N2O5S. The highest BCUT2D eigenvalue weighted by atomic mass is 32.2. The first-order valence-corrected chi connectivity index (χ1v) is 8.09. The van der Waals surface area contributed by atoms with Crippen LogP contribution in [-0.2, 0) is 10.0 Å². The lowest BCUT2D eigenvalue weighted by atomic mass is 10.0. The highest BCUT2D eigenvalue weighted by molar-refractivity contribution is 7.89. The van der Waals surface area contributed by atoms with Gasteiger partial charge in [0, 0.05) is 18.7 Å². The number of nitro benzene ring substituents is 1. The molecule has 0 amide bonds. The van der Waals surface area contributed by atoms with Gasteiger partial charge in [0.1, 0.15) is 0 Å². The summed E-state index contributed by atoms with van der Waals surface area (Å²) in [5.41, 5.74) is -0.962. The fourth-order valence-corrected chi connectivity index (χ4v) is 3.57. The first-order valence-electron chi connectivity index (χ1n) is 6.60. The maximum Gasteiger partial charge on any atom is 0.270 e. The topological polar surface area (TPSA) is 110 Å². The Balaban J connectivity index is 2.22. The lowest BCUT2D eigenvalue weighted by Gasteiger charge is -2.23. The van der Waals surface area contributed by atoms with Gasteiger partial charge >= 0.3 is 0 Å². The predicted molar refractivity (Wildman–Crippen MR) is 76.4 cm³/mol. The first kappa shape index (κ1) is 15.9. The van der Waals surface area contributed by atoms with Gasteiger partial charge in [-0.3, -0.25) is 10.1 Å². The van der Waals surface area contributed by atoms with Gasteiger partial charge < -0.3 is 5.11 Å². The van der Waals surface area contributed by atoms with Crippen molar-refractivity contribution >= 4 is 15.7 Å². The first-order chi connectivity index (χ1) is 9.63. The molecule has 1 atom stereocenters. The van der Waals surface area contributed by atoms with Crippen LogP contribution in [0.15, 0.2) is 23.1 Å². The van der Waals surface area contributed by atoms with E-state index in [2.05, 4.69) is 4.72 Å². The predicted octanol–water partition coefficient (Wildman–Crippen LogP) is 1.34. The number of sulfonamides is 1. The SMILES string of the molecule is Cc1ccc([N+](=O)[O-])cc1S(=O)(=O)NCC(C)(O)C1CC1. The van der Waals surface area contributed by atoms with Crippen molar-refractivity contribution in [2.75, 3.05) is 6.54 Å². The Hall–Kier alpha value is -1.51. The lowest BCUT2D eigenvalue weighted by molar-refractivity contribution is -0.385. The summed E-state index contributed by atoms with van der Waals surface area (Å²) in [5.74, 6) is 0.103. The Morgan fingerprint density at radius 1 is 1.48 bits per heavy atom. The number of aryl methyl sites for hydroxylation is 1. The quantitative estimate of drug-likeness (QED) is 0.608. The third-order valence-corrected chi connectivity index (χ3v) is 5.29. The summed E-state index contributed by atoms with van der Waals surface area (Å²) in [6.45, 7) is 3.05. The van der Waals surface area contributed by atoms with E-state index in [1.165, 1.54) is 12.1 Å². The molecule has 0 bridgehead atoms. The standard InChI is InChI=1S/C13H18N2O5S/c1-9-3-6-11(15(17)18)7-12(9)21(19,20)14-8-13(2,16)10-4-5-10/h3,6-7,10,14,16H,4-5,8H2,1-2H3. The molecule has 0 radical (unpaired) electrons. The van der Waals surface area contributed by atoms with Gasteiger partial charge in [-0.1, -0.05) is 6.07 Å². The fourth-order valence-electron chi connectivity index (χ4n) is 2.16. The van der Waals surface area contributed by atoms with Gasteiger partial charge in [0.05, 0.1) is 15.4 Å². The van der Waals surface area contributed by atoms with Crippen molar-refractivity contribution in [3.8, 4) is 0 Å². The third kappa shape index (κ3) is 3.58. The number of nitrogens with one attached hydrogen (secondary N) is 1. The van der Waals surface area contributed by atoms with Crippen LogP contribution in [0.1, 0.15) is 25.3 Å². The minimum Gasteiger partial charge on any atom is -0.389 e. The fraction of sp³-hybridized carbons (Fsp3) is 0.538. The van der Waals surface area contributed by atoms with Crippen LogP contribution >= 0.6 is 0 Å². The molecule has 116 valence electrons. The molecule has 1 unspecified atom stereocenters. The highest BCUT2D eigenvalue weighted by Crippen LogP contribution is 2.39. The molecule has 0 heterocycles. The molecule has 21 heavy (non-hydrogen) atoms. The van der Waals surface area contributed by atoms with Crippen LogP contribution in [0.2, 0.25) is 0 Å². The zero-order chi connectivity index (χ0) is 15.8. The minimum absolute atomic E-state index is 0.103. The number of nitro groups is 1. The van der Waals surface area contributed by atoms with Gasteiger partial charge in [-0.15, -0.1) is 0 Å². The summed E-state index contributed by atoms with van der Waals surface area (Å²) in [7, 11) is -3.90. The second-order valence-electron chi connectivity index (χ2n) is 5.66. The largest absolute Gasteiger partial charge is 0.389 e. The van der Waals surface area contributed by atoms with E-state index in [9.17, 15) is 23.6 Å². The van der Waals surface area contributed by atoms with Crippen molar-refractivity contribution in [1.82, 2.24) is 4.72 Å². The number of hydrogen-bond donors (Lipinski definition) is 2. The van der Waals surface area contributed by atoms with E-state index in [0.29, 0.717) is 5.56 Å². The number of benzene rings is 1. The molecule has 0 saturated heterocycles. The molecule has 2 rings (SSSR count). The zero-order valence-corrected chi connectivity index (χ0v) is 12.7. The van der Waals surface area contributed by atoms with Crippen molar-refractivity contribution in [3.05, 3.63) is 33.9 Å². The van der Waals surface area contributed by atoms with E-state index in [-0.39, 0.29) is 23.0 Å². The van der Waals surface area contributed by atoms with Gasteiger partial charge in [-0.2, -0.15) is 0 Å². The second kappa shape index (κ2) is 5.36. The minimum atomic E-state index is -3.90. The molecule has 1 aliphatic carbocycles. The van der Waals surface area contributed by atoms with Crippen LogP contribution in [0.3, 0.4) is 0 Å². The van der Waals surface area contributed by atoms with Crippen LogP contribution in [0.4, 0.5) is 5.69 Å². The molecular weight excluding hydrogens is 296 g/mol. The van der Waals surface area contributed by atoms with E-state index in [0.717, 1.165) is 18.9 Å². The summed E-state index contributed by atoms with van der Waals surface area (Å²) in [6, 6.07) is 3.68. The summed E-state index contributed by atoms with van der Waals surface area (Å²) < 4.78 is 26.9. The summed E-state index contributed by atoms with van der Waals surface area (Å²) in [6.07, 6.45) is 1.76. The highest BCUT2D eigenvalue weighted by Gasteiger charge is 2.40. The molecule has 0 aliphatic heterocycles. The molecule has 8 heteroatoms. The van der Waals surface area contributed by atoms with E-state index in [4.69, 9.17) is 0 Å². The third-order valence-electron chi connectivity index (χ3n) is 3.75.